The summed E-state index contributed by atoms with van der Waals surface area (Å²) in [5, 5.41) is 0.376. The number of sulfonamides is 1. The Kier molecular flexibility index (Phi) is 6.71. The van der Waals surface area contributed by atoms with Crippen LogP contribution < -0.4 is 14.6 Å². The standard InChI is InChI=1S/C33H31N3O6S2/c1-22-7-11-25(12-8-22)43(38,39)36-18-16-27-29(20-34(2)33(37)32(27)36)28-19-26(13-14-31(28)42-21-23-9-10-23)44(40,41)35-17-15-24-5-3-4-6-30(24)35/h3-8,11-14,16,18-20,23H,9-10,15,17,21H2,1-2H3. The molecule has 5 aromatic rings. The van der Waals surface area contributed by atoms with E-state index in [1.807, 2.05) is 31.2 Å². The van der Waals surface area contributed by atoms with E-state index in [0.29, 0.717) is 53.4 Å². The predicted octanol–water partition coefficient (Wildman–Crippen LogP) is 5.09. The maximum absolute atomic E-state index is 14.0. The Bertz CT molecular complexity index is 2210. The molecule has 0 radical (unpaired) electrons. The van der Waals surface area contributed by atoms with Crippen LogP contribution in [0, 0.1) is 12.8 Å². The highest BCUT2D eigenvalue weighted by Crippen LogP contribution is 2.40. The van der Waals surface area contributed by atoms with E-state index >= 15 is 0 Å². The monoisotopic (exact) mass is 629 g/mol. The zero-order chi connectivity index (χ0) is 30.8. The van der Waals surface area contributed by atoms with Crippen LogP contribution in [0.15, 0.2) is 99.8 Å². The smallest absolute Gasteiger partial charge is 0.275 e. The highest BCUT2D eigenvalue weighted by molar-refractivity contribution is 7.92. The van der Waals surface area contributed by atoms with E-state index in [-0.39, 0.29) is 15.3 Å². The van der Waals surface area contributed by atoms with E-state index in [1.165, 1.54) is 27.2 Å². The summed E-state index contributed by atoms with van der Waals surface area (Å²) >= 11 is 0. The summed E-state index contributed by atoms with van der Waals surface area (Å²) in [6, 6.07) is 20.3. The van der Waals surface area contributed by atoms with Gasteiger partial charge in [-0.25, -0.2) is 20.8 Å². The van der Waals surface area contributed by atoms with Gasteiger partial charge in [0.15, 0.2) is 0 Å². The van der Waals surface area contributed by atoms with Crippen LogP contribution in [0.3, 0.4) is 0 Å². The van der Waals surface area contributed by atoms with Gasteiger partial charge in [-0.05, 0) is 80.1 Å². The molecule has 44 heavy (non-hydrogen) atoms. The molecule has 2 aliphatic rings. The summed E-state index contributed by atoms with van der Waals surface area (Å²) in [6.45, 7) is 2.68. The van der Waals surface area contributed by atoms with E-state index < -0.39 is 25.6 Å². The molecule has 226 valence electrons. The van der Waals surface area contributed by atoms with E-state index in [4.69, 9.17) is 4.74 Å². The molecule has 1 saturated carbocycles. The van der Waals surface area contributed by atoms with E-state index in [9.17, 15) is 21.6 Å². The van der Waals surface area contributed by atoms with Gasteiger partial charge in [-0.2, -0.15) is 0 Å². The lowest BCUT2D eigenvalue weighted by Gasteiger charge is -2.21. The molecule has 0 unspecified atom stereocenters. The second kappa shape index (κ2) is 10.4. The van der Waals surface area contributed by atoms with Crippen molar-refractivity contribution in [3.05, 3.63) is 107 Å². The lowest BCUT2D eigenvalue weighted by molar-refractivity contribution is 0.301. The van der Waals surface area contributed by atoms with Gasteiger partial charge >= 0.3 is 0 Å². The fourth-order valence-electron chi connectivity index (χ4n) is 5.75. The van der Waals surface area contributed by atoms with Crippen molar-refractivity contribution < 1.29 is 21.6 Å². The molecule has 0 amide bonds. The average molecular weight is 630 g/mol. The van der Waals surface area contributed by atoms with Gasteiger partial charge in [0.05, 0.1) is 22.1 Å². The predicted molar refractivity (Wildman–Crippen MR) is 169 cm³/mol. The largest absolute Gasteiger partial charge is 0.493 e. The number of aryl methyl sites for hydroxylation is 2. The summed E-state index contributed by atoms with van der Waals surface area (Å²) in [5.41, 5.74) is 2.96. The Morgan fingerprint density at radius 1 is 0.864 bits per heavy atom. The molecule has 3 aromatic carbocycles. The van der Waals surface area contributed by atoms with Crippen molar-refractivity contribution >= 4 is 36.6 Å². The van der Waals surface area contributed by atoms with Crippen molar-refractivity contribution in [1.29, 1.82) is 0 Å². The topological polar surface area (TPSA) is 108 Å². The van der Waals surface area contributed by atoms with Crippen LogP contribution in [0.25, 0.3) is 22.0 Å². The van der Waals surface area contributed by atoms with E-state index in [0.717, 1.165) is 27.9 Å². The Morgan fingerprint density at radius 2 is 1.59 bits per heavy atom. The van der Waals surface area contributed by atoms with Crippen molar-refractivity contribution in [2.24, 2.45) is 13.0 Å². The second-order valence-corrected chi connectivity index (χ2v) is 15.2. The minimum absolute atomic E-state index is 0.0274. The van der Waals surface area contributed by atoms with Gasteiger partial charge in [-0.15, -0.1) is 0 Å². The quantitative estimate of drug-likeness (QED) is 0.237. The molecule has 2 aromatic heterocycles. The number of hydrogen-bond donors (Lipinski definition) is 0. The average Bonchev–Trinajstić information content (AvgIpc) is 3.55. The Labute approximate surface area is 256 Å². The number of pyridine rings is 1. The summed E-state index contributed by atoms with van der Waals surface area (Å²) in [5.74, 6) is 0.903. The van der Waals surface area contributed by atoms with E-state index in [1.54, 1.807) is 49.6 Å². The number of aromatic nitrogens is 2. The van der Waals surface area contributed by atoms with Gasteiger partial charge in [0, 0.05) is 42.5 Å². The highest BCUT2D eigenvalue weighted by Gasteiger charge is 2.32. The molecule has 1 fully saturated rings. The van der Waals surface area contributed by atoms with Gasteiger partial charge in [-0.1, -0.05) is 35.9 Å². The van der Waals surface area contributed by atoms with Crippen LogP contribution in [-0.4, -0.2) is 38.5 Å². The molecule has 0 bridgehead atoms. The molecule has 9 nitrogen and oxygen atoms in total. The number of benzene rings is 3. The zero-order valence-corrected chi connectivity index (χ0v) is 25.9. The normalized spacial score (nSPS) is 15.1. The van der Waals surface area contributed by atoms with Crippen LogP contribution in [0.5, 0.6) is 5.75 Å². The van der Waals surface area contributed by atoms with Gasteiger partial charge in [0.25, 0.3) is 25.6 Å². The molecule has 1 aliphatic carbocycles. The van der Waals surface area contributed by atoms with Crippen LogP contribution in [0.2, 0.25) is 0 Å². The van der Waals surface area contributed by atoms with Crippen molar-refractivity contribution in [2.45, 2.75) is 36.0 Å². The summed E-state index contributed by atoms with van der Waals surface area (Å²) in [7, 11) is -6.49. The summed E-state index contributed by atoms with van der Waals surface area (Å²) in [4.78, 5) is 13.6. The molecule has 11 heteroatoms. The van der Waals surface area contributed by atoms with Crippen molar-refractivity contribution in [3.8, 4) is 16.9 Å². The van der Waals surface area contributed by atoms with Crippen LogP contribution in [0.1, 0.15) is 24.0 Å². The molecule has 0 spiro atoms. The molecule has 0 atom stereocenters. The summed E-state index contributed by atoms with van der Waals surface area (Å²) in [6.07, 6.45) is 5.74. The Hall–Kier alpha value is -4.35. The molecular weight excluding hydrogens is 599 g/mol. The Balaban J connectivity index is 1.41. The minimum atomic E-state index is -4.10. The SMILES string of the molecule is Cc1ccc(S(=O)(=O)n2ccc3c(-c4cc(S(=O)(=O)N5CCc6ccccc65)ccc4OCC4CC4)cn(C)c(=O)c32)cc1. The number of hydrogen-bond acceptors (Lipinski definition) is 6. The number of ether oxygens (including phenoxy) is 1. The maximum atomic E-state index is 14.0. The van der Waals surface area contributed by atoms with Crippen LogP contribution in [0.4, 0.5) is 5.69 Å². The van der Waals surface area contributed by atoms with Crippen LogP contribution in [-0.2, 0) is 33.5 Å². The van der Waals surface area contributed by atoms with Gasteiger partial charge in [0.2, 0.25) is 0 Å². The molecule has 7 rings (SSSR count). The number of nitrogens with zero attached hydrogens (tertiary/aromatic N) is 3. The fourth-order valence-corrected chi connectivity index (χ4v) is 8.63. The maximum Gasteiger partial charge on any atom is 0.275 e. The molecule has 0 N–H and O–H groups in total. The van der Waals surface area contributed by atoms with Crippen molar-refractivity contribution in [3.63, 3.8) is 0 Å². The van der Waals surface area contributed by atoms with Gasteiger partial charge in [0.1, 0.15) is 11.3 Å². The molecule has 1 aliphatic heterocycles. The number of fused-ring (bicyclic) bond motifs is 2. The third-order valence-corrected chi connectivity index (χ3v) is 11.9. The van der Waals surface area contributed by atoms with Gasteiger partial charge < -0.3 is 9.30 Å². The Morgan fingerprint density at radius 3 is 2.34 bits per heavy atom. The molecule has 0 saturated heterocycles. The highest BCUT2D eigenvalue weighted by atomic mass is 32.2. The van der Waals surface area contributed by atoms with Crippen LogP contribution >= 0.6 is 0 Å². The minimum Gasteiger partial charge on any atom is -0.493 e. The van der Waals surface area contributed by atoms with Crippen molar-refractivity contribution in [2.75, 3.05) is 17.5 Å². The molecular formula is C33H31N3O6S2. The lowest BCUT2D eigenvalue weighted by Crippen LogP contribution is -2.29. The molecule has 3 heterocycles. The van der Waals surface area contributed by atoms with Gasteiger partial charge in [-0.3, -0.25) is 9.10 Å². The first-order chi connectivity index (χ1) is 21.1. The number of para-hydroxylation sites is 1. The lowest BCUT2D eigenvalue weighted by atomic mass is 10.0. The zero-order valence-electron chi connectivity index (χ0n) is 24.3. The van der Waals surface area contributed by atoms with Crippen molar-refractivity contribution in [1.82, 2.24) is 8.54 Å². The first-order valence-electron chi connectivity index (χ1n) is 14.5. The fraction of sp³-hybridized carbons (Fsp3) is 0.242. The first-order valence-corrected chi connectivity index (χ1v) is 17.3. The first kappa shape index (κ1) is 28.4. The van der Waals surface area contributed by atoms with E-state index in [2.05, 4.69) is 0 Å². The summed E-state index contributed by atoms with van der Waals surface area (Å²) < 4.78 is 65.4. The second-order valence-electron chi connectivity index (χ2n) is 11.5. The third-order valence-electron chi connectivity index (χ3n) is 8.41. The number of rotatable bonds is 8. The third kappa shape index (κ3) is 4.71. The number of anilines is 1.